The van der Waals surface area contributed by atoms with E-state index in [4.69, 9.17) is 5.73 Å². The maximum absolute atomic E-state index is 14.2. The summed E-state index contributed by atoms with van der Waals surface area (Å²) in [5.74, 6) is -3.47. The normalized spacial score (nSPS) is 22.7. The van der Waals surface area contributed by atoms with Crippen LogP contribution >= 0.6 is 0 Å². The maximum Gasteiger partial charge on any atom is 0.315 e. The van der Waals surface area contributed by atoms with Gasteiger partial charge in [-0.05, 0) is 41.4 Å². The van der Waals surface area contributed by atoms with E-state index in [2.05, 4.69) is 16.0 Å². The summed E-state index contributed by atoms with van der Waals surface area (Å²) in [6.07, 6.45) is 2.96. The van der Waals surface area contributed by atoms with Gasteiger partial charge < -0.3 is 26.6 Å². The molecule has 0 bridgehead atoms. The summed E-state index contributed by atoms with van der Waals surface area (Å²) >= 11 is 0. The van der Waals surface area contributed by atoms with Crippen molar-refractivity contribution in [3.05, 3.63) is 0 Å². The van der Waals surface area contributed by atoms with E-state index in [1.807, 2.05) is 34.6 Å². The molecule has 3 rings (SSSR count). The van der Waals surface area contributed by atoms with Crippen molar-refractivity contribution in [2.45, 2.75) is 118 Å². The minimum absolute atomic E-state index is 0.0131. The van der Waals surface area contributed by atoms with E-state index < -0.39 is 64.5 Å². The van der Waals surface area contributed by atoms with Crippen LogP contribution in [0.4, 0.5) is 4.79 Å². The van der Waals surface area contributed by atoms with Crippen molar-refractivity contribution >= 4 is 41.4 Å². The van der Waals surface area contributed by atoms with Crippen molar-refractivity contribution in [2.75, 3.05) is 13.1 Å². The third-order valence-corrected chi connectivity index (χ3v) is 9.25. The van der Waals surface area contributed by atoms with Crippen LogP contribution in [0.3, 0.4) is 0 Å². The molecule has 13 heteroatoms. The highest BCUT2D eigenvalue weighted by Crippen LogP contribution is 2.36. The van der Waals surface area contributed by atoms with Gasteiger partial charge in [0.25, 0.3) is 5.91 Å². The number of nitrogens with zero attached hydrogens (tertiary/aromatic N) is 2. The lowest BCUT2D eigenvalue weighted by atomic mass is 9.84. The molecule has 13 nitrogen and oxygen atoms in total. The van der Waals surface area contributed by atoms with Crippen LogP contribution in [0.15, 0.2) is 0 Å². The van der Waals surface area contributed by atoms with Crippen molar-refractivity contribution < 1.29 is 33.6 Å². The highest BCUT2D eigenvalue weighted by atomic mass is 16.2. The number of amides is 7. The summed E-state index contributed by atoms with van der Waals surface area (Å²) in [7, 11) is 0. The Morgan fingerprint density at radius 3 is 1.91 bits per heavy atom. The Kier molecular flexibility index (Phi) is 11.1. The van der Waals surface area contributed by atoms with Gasteiger partial charge in [-0.3, -0.25) is 33.7 Å². The van der Waals surface area contributed by atoms with Crippen LogP contribution in [0.25, 0.3) is 0 Å². The Morgan fingerprint density at radius 1 is 0.867 bits per heavy atom. The number of hydrogen-bond donors (Lipinski definition) is 4. The average molecular weight is 633 g/mol. The minimum Gasteiger partial charge on any atom is -0.363 e. The Balaban J connectivity index is 1.82. The number of carbonyl (C=O) groups excluding carboxylic acids is 7. The third kappa shape index (κ3) is 9.03. The van der Waals surface area contributed by atoms with Gasteiger partial charge >= 0.3 is 6.03 Å². The number of primary amides is 1. The monoisotopic (exact) mass is 632 g/mol. The van der Waals surface area contributed by atoms with Crippen LogP contribution in [0.1, 0.15) is 93.9 Å². The molecule has 3 aliphatic rings. The molecule has 7 amide bonds. The second-order valence-electron chi connectivity index (χ2n) is 15.4. The summed E-state index contributed by atoms with van der Waals surface area (Å²) in [5, 5.41) is 8.44. The van der Waals surface area contributed by atoms with Gasteiger partial charge in [-0.2, -0.15) is 0 Å². The van der Waals surface area contributed by atoms with Crippen LogP contribution in [-0.4, -0.2) is 88.4 Å². The molecule has 2 saturated heterocycles. The van der Waals surface area contributed by atoms with E-state index in [9.17, 15) is 33.6 Å². The van der Waals surface area contributed by atoms with Gasteiger partial charge in [-0.25, -0.2) is 4.79 Å². The fraction of sp³-hybridized carbons (Fsp3) is 0.781. The van der Waals surface area contributed by atoms with Gasteiger partial charge in [0.1, 0.15) is 12.1 Å². The van der Waals surface area contributed by atoms with Crippen molar-refractivity contribution in [1.29, 1.82) is 0 Å². The van der Waals surface area contributed by atoms with Gasteiger partial charge in [0.05, 0.1) is 12.1 Å². The number of carbonyl (C=O) groups is 7. The lowest BCUT2D eigenvalue weighted by molar-refractivity contribution is -0.144. The lowest BCUT2D eigenvalue weighted by Crippen LogP contribution is -2.62. The minimum atomic E-state index is -1.12. The average Bonchev–Trinajstić information content (AvgIpc) is 3.52. The van der Waals surface area contributed by atoms with Crippen LogP contribution in [0.2, 0.25) is 0 Å². The summed E-state index contributed by atoms with van der Waals surface area (Å²) in [4.78, 5) is 93.0. The fourth-order valence-corrected chi connectivity index (χ4v) is 6.14. The first kappa shape index (κ1) is 36.0. The zero-order valence-corrected chi connectivity index (χ0v) is 28.0. The highest BCUT2D eigenvalue weighted by Gasteiger charge is 2.48. The van der Waals surface area contributed by atoms with Gasteiger partial charge in [-0.1, -0.05) is 68.2 Å². The molecule has 0 aromatic heterocycles. The Labute approximate surface area is 266 Å². The van der Waals surface area contributed by atoms with Crippen molar-refractivity contribution in [3.63, 3.8) is 0 Å². The molecule has 5 N–H and O–H groups in total. The molecular weight excluding hydrogens is 580 g/mol. The fourth-order valence-electron chi connectivity index (χ4n) is 6.14. The van der Waals surface area contributed by atoms with E-state index in [0.29, 0.717) is 12.8 Å². The number of rotatable bonds is 12. The Morgan fingerprint density at radius 2 is 1.44 bits per heavy atom. The van der Waals surface area contributed by atoms with Gasteiger partial charge in [0.2, 0.25) is 29.4 Å². The molecule has 3 fully saturated rings. The lowest BCUT2D eigenvalue weighted by Gasteiger charge is -2.38. The third-order valence-electron chi connectivity index (χ3n) is 9.25. The van der Waals surface area contributed by atoms with Crippen LogP contribution in [0.5, 0.6) is 0 Å². The number of likely N-dealkylation sites (tertiary alicyclic amines) is 2. The van der Waals surface area contributed by atoms with E-state index in [1.165, 1.54) is 9.80 Å². The number of urea groups is 1. The number of nitrogens with two attached hydrogens (primary N) is 1. The number of nitrogens with one attached hydrogen (secondary N) is 3. The number of hydrogen-bond acceptors (Lipinski definition) is 7. The number of Topliss-reactive ketones (excluding diaryl/α,β-unsaturated/α-hetero) is 1. The molecule has 1 unspecified atom stereocenters. The maximum atomic E-state index is 14.2. The topological polar surface area (TPSA) is 188 Å². The predicted octanol–water partition coefficient (Wildman–Crippen LogP) is 1.48. The number of ketones is 1. The van der Waals surface area contributed by atoms with Gasteiger partial charge in [-0.15, -0.1) is 0 Å². The smallest absolute Gasteiger partial charge is 0.315 e. The molecule has 5 atom stereocenters. The molecule has 252 valence electrons. The zero-order chi connectivity index (χ0) is 34.0. The predicted molar refractivity (Wildman–Crippen MR) is 166 cm³/mol. The summed E-state index contributed by atoms with van der Waals surface area (Å²) < 4.78 is 0. The Bertz CT molecular complexity index is 1180. The molecular formula is C32H52N6O7. The second-order valence-corrected chi connectivity index (χ2v) is 15.4. The van der Waals surface area contributed by atoms with E-state index in [-0.39, 0.29) is 55.5 Å². The first-order valence-corrected chi connectivity index (χ1v) is 16.1. The molecule has 2 heterocycles. The molecule has 0 aromatic rings. The van der Waals surface area contributed by atoms with Crippen molar-refractivity contribution in [1.82, 2.24) is 25.8 Å². The Hall–Kier alpha value is -3.51. The standard InChI is InChI=1S/C32H52N6O7/c1-17(2)19-13-14-37(24(19)28(43)34-20(15-18-9-10-18)25(41)27(33)42)29(44)26(32(6,7)8)36-30(45)35-21(31(3,4)5)16-38-22(39)11-12-23(38)40/h17-21,24,26H,9-16H2,1-8H3,(H2,33,42)(H,34,43)(H2,35,36,45)/t19-,20?,21-,24+,26-/m1/s1. The SMILES string of the molecule is CC(C)[C@H]1CCN(C(=O)[C@@H](NC(=O)N[C@H](CN2C(=O)CCC2=O)C(C)(C)C)C(C)(C)C)[C@@H]1C(=O)NC(CC1CC1)C(=O)C(N)=O. The van der Waals surface area contributed by atoms with Crippen LogP contribution in [-0.2, 0) is 28.8 Å². The molecule has 1 saturated carbocycles. The van der Waals surface area contributed by atoms with Crippen LogP contribution in [0, 0.1) is 28.6 Å². The van der Waals surface area contributed by atoms with Gasteiger partial charge in [0.15, 0.2) is 0 Å². The first-order chi connectivity index (χ1) is 20.7. The second kappa shape index (κ2) is 13.9. The molecule has 0 spiro atoms. The first-order valence-electron chi connectivity index (χ1n) is 16.1. The summed E-state index contributed by atoms with van der Waals surface area (Å²) in [6, 6.07) is -4.24. The summed E-state index contributed by atoms with van der Waals surface area (Å²) in [6.45, 7) is 15.3. The van der Waals surface area contributed by atoms with E-state index in [0.717, 1.165) is 12.8 Å². The van der Waals surface area contributed by atoms with Crippen molar-refractivity contribution in [3.8, 4) is 0 Å². The molecule has 1 aliphatic carbocycles. The molecule has 0 aromatic carbocycles. The number of imide groups is 1. The van der Waals surface area contributed by atoms with Crippen LogP contribution < -0.4 is 21.7 Å². The highest BCUT2D eigenvalue weighted by molar-refractivity contribution is 6.37. The van der Waals surface area contributed by atoms with Crippen molar-refractivity contribution in [2.24, 2.45) is 34.3 Å². The quantitative estimate of drug-likeness (QED) is 0.185. The zero-order valence-electron chi connectivity index (χ0n) is 28.0. The largest absolute Gasteiger partial charge is 0.363 e. The summed E-state index contributed by atoms with van der Waals surface area (Å²) in [5.41, 5.74) is 3.99. The van der Waals surface area contributed by atoms with E-state index >= 15 is 0 Å². The van der Waals surface area contributed by atoms with E-state index in [1.54, 1.807) is 20.8 Å². The molecule has 45 heavy (non-hydrogen) atoms. The molecule has 0 radical (unpaired) electrons. The van der Waals surface area contributed by atoms with Gasteiger partial charge in [0, 0.05) is 25.9 Å². The molecule has 2 aliphatic heterocycles.